The van der Waals surface area contributed by atoms with Crippen LogP contribution in [0.4, 0.5) is 0 Å². The van der Waals surface area contributed by atoms with Crippen LogP contribution in [0.1, 0.15) is 31.9 Å². The van der Waals surface area contributed by atoms with Crippen LogP contribution in [-0.2, 0) is 22.5 Å². The van der Waals surface area contributed by atoms with Crippen molar-refractivity contribution in [1.29, 1.82) is 0 Å². The molecule has 1 N–H and O–H groups in total. The Balaban J connectivity index is 0.00000162. The molecule has 0 bridgehead atoms. The molecule has 0 saturated heterocycles. The van der Waals surface area contributed by atoms with Crippen molar-refractivity contribution in [2.45, 2.75) is 45.4 Å². The molecule has 1 aromatic rings. The van der Waals surface area contributed by atoms with Gasteiger partial charge in [-0.25, -0.2) is 0 Å². The number of carbonyl (C=O) groups is 1. The van der Waals surface area contributed by atoms with Gasteiger partial charge in [-0.3, -0.25) is 4.79 Å². The third-order valence-electron chi connectivity index (χ3n) is 2.77. The van der Waals surface area contributed by atoms with E-state index < -0.39 is 5.60 Å². The molecule has 0 radical (unpaired) electrons. The molecular weight excluding hydrogens is 250 g/mol. The molecule has 1 aliphatic heterocycles. The zero-order valence-corrected chi connectivity index (χ0v) is 11.8. The maximum atomic E-state index is 11.9. The second-order valence-electron chi connectivity index (χ2n) is 5.44. The van der Waals surface area contributed by atoms with Crippen LogP contribution in [0.5, 0.6) is 0 Å². The number of hydrogen-bond acceptors (Lipinski definition) is 3. The Morgan fingerprint density at radius 2 is 1.89 bits per heavy atom. The van der Waals surface area contributed by atoms with E-state index in [2.05, 4.69) is 17.4 Å². The second-order valence-corrected chi connectivity index (χ2v) is 5.44. The van der Waals surface area contributed by atoms with Crippen LogP contribution in [0.15, 0.2) is 24.3 Å². The monoisotopic (exact) mass is 269 g/mol. The molecule has 2 rings (SSSR count). The highest BCUT2D eigenvalue weighted by Gasteiger charge is 2.28. The van der Waals surface area contributed by atoms with Gasteiger partial charge in [0.1, 0.15) is 11.6 Å². The Labute approximate surface area is 114 Å². The van der Waals surface area contributed by atoms with Gasteiger partial charge in [-0.2, -0.15) is 0 Å². The largest absolute Gasteiger partial charge is 0.459 e. The van der Waals surface area contributed by atoms with Gasteiger partial charge in [0.2, 0.25) is 0 Å². The maximum Gasteiger partial charge on any atom is 0.324 e. The van der Waals surface area contributed by atoms with E-state index in [1.165, 1.54) is 11.1 Å². The van der Waals surface area contributed by atoms with Gasteiger partial charge in [-0.05, 0) is 38.3 Å². The Bertz CT molecular complexity index is 426. The minimum absolute atomic E-state index is 0. The highest BCUT2D eigenvalue weighted by Crippen LogP contribution is 2.18. The van der Waals surface area contributed by atoms with Gasteiger partial charge in [0.15, 0.2) is 0 Å². The molecule has 4 heteroatoms. The summed E-state index contributed by atoms with van der Waals surface area (Å²) in [6, 6.07) is 7.98. The van der Waals surface area contributed by atoms with Crippen LogP contribution in [0.3, 0.4) is 0 Å². The van der Waals surface area contributed by atoms with Gasteiger partial charge in [0, 0.05) is 6.54 Å². The van der Waals surface area contributed by atoms with Crippen LogP contribution in [0.25, 0.3) is 0 Å². The first-order chi connectivity index (χ1) is 7.96. The molecule has 1 atom stereocenters. The normalized spacial score (nSPS) is 18.5. The number of rotatable bonds is 1. The van der Waals surface area contributed by atoms with Crippen molar-refractivity contribution in [3.05, 3.63) is 35.4 Å². The molecule has 1 unspecified atom stereocenters. The highest BCUT2D eigenvalue weighted by atomic mass is 35.5. The van der Waals surface area contributed by atoms with Crippen molar-refractivity contribution in [2.75, 3.05) is 0 Å². The Kier molecular flexibility index (Phi) is 4.77. The fraction of sp³-hybridized carbons (Fsp3) is 0.500. The van der Waals surface area contributed by atoms with Crippen LogP contribution in [0.2, 0.25) is 0 Å². The summed E-state index contributed by atoms with van der Waals surface area (Å²) >= 11 is 0. The predicted molar refractivity (Wildman–Crippen MR) is 73.9 cm³/mol. The zero-order valence-electron chi connectivity index (χ0n) is 11.0. The van der Waals surface area contributed by atoms with Crippen molar-refractivity contribution in [3.8, 4) is 0 Å². The summed E-state index contributed by atoms with van der Waals surface area (Å²) in [6.45, 7) is 6.41. The van der Waals surface area contributed by atoms with Gasteiger partial charge in [-0.15, -0.1) is 12.4 Å². The summed E-state index contributed by atoms with van der Waals surface area (Å²) in [7, 11) is 0. The lowest BCUT2D eigenvalue weighted by Crippen LogP contribution is -2.45. The SMILES string of the molecule is CC(C)(C)OC(=O)C1Cc2ccccc2CN1.Cl. The molecular formula is C14H20ClNO2. The van der Waals surface area contributed by atoms with E-state index in [0.717, 1.165) is 6.54 Å². The van der Waals surface area contributed by atoms with E-state index in [1.54, 1.807) is 0 Å². The lowest BCUT2D eigenvalue weighted by molar-refractivity contribution is -0.157. The van der Waals surface area contributed by atoms with E-state index in [0.29, 0.717) is 6.42 Å². The number of benzene rings is 1. The third kappa shape index (κ3) is 3.72. The summed E-state index contributed by atoms with van der Waals surface area (Å²) in [6.07, 6.45) is 0.713. The van der Waals surface area contributed by atoms with Crippen molar-refractivity contribution in [3.63, 3.8) is 0 Å². The number of carbonyl (C=O) groups excluding carboxylic acids is 1. The molecule has 0 saturated carbocycles. The second kappa shape index (κ2) is 5.72. The third-order valence-corrected chi connectivity index (χ3v) is 2.77. The number of hydrogen-bond donors (Lipinski definition) is 1. The van der Waals surface area contributed by atoms with Gasteiger partial charge in [0.05, 0.1) is 0 Å². The topological polar surface area (TPSA) is 38.3 Å². The van der Waals surface area contributed by atoms with Gasteiger partial charge in [-0.1, -0.05) is 24.3 Å². The first-order valence-corrected chi connectivity index (χ1v) is 5.99. The lowest BCUT2D eigenvalue weighted by Gasteiger charge is -2.28. The molecule has 100 valence electrons. The highest BCUT2D eigenvalue weighted by molar-refractivity contribution is 5.85. The fourth-order valence-corrected chi connectivity index (χ4v) is 1.99. The van der Waals surface area contributed by atoms with Crippen LogP contribution in [-0.4, -0.2) is 17.6 Å². The Morgan fingerprint density at radius 1 is 1.28 bits per heavy atom. The Morgan fingerprint density at radius 3 is 2.50 bits per heavy atom. The summed E-state index contributed by atoms with van der Waals surface area (Å²) < 4.78 is 5.39. The maximum absolute atomic E-state index is 11.9. The number of halogens is 1. The molecule has 0 fully saturated rings. The fourth-order valence-electron chi connectivity index (χ4n) is 1.99. The first kappa shape index (κ1) is 15.0. The molecule has 0 aromatic heterocycles. The van der Waals surface area contributed by atoms with E-state index >= 15 is 0 Å². The van der Waals surface area contributed by atoms with E-state index in [-0.39, 0.29) is 24.4 Å². The summed E-state index contributed by atoms with van der Waals surface area (Å²) in [5.74, 6) is -0.160. The van der Waals surface area contributed by atoms with Crippen molar-refractivity contribution in [2.24, 2.45) is 0 Å². The number of nitrogens with one attached hydrogen (secondary N) is 1. The number of esters is 1. The smallest absolute Gasteiger partial charge is 0.324 e. The molecule has 0 amide bonds. The molecule has 3 nitrogen and oxygen atoms in total. The van der Waals surface area contributed by atoms with E-state index in [1.807, 2.05) is 32.9 Å². The van der Waals surface area contributed by atoms with Gasteiger partial charge >= 0.3 is 5.97 Å². The molecule has 0 spiro atoms. The summed E-state index contributed by atoms with van der Waals surface area (Å²) in [5, 5.41) is 3.22. The average molecular weight is 270 g/mol. The molecule has 0 aliphatic carbocycles. The predicted octanol–water partition coefficient (Wildman–Crippen LogP) is 2.46. The van der Waals surface area contributed by atoms with E-state index in [4.69, 9.17) is 4.74 Å². The van der Waals surface area contributed by atoms with Crippen LogP contribution < -0.4 is 5.32 Å². The zero-order chi connectivity index (χ0) is 12.5. The summed E-state index contributed by atoms with van der Waals surface area (Å²) in [5.41, 5.74) is 2.09. The quantitative estimate of drug-likeness (QED) is 0.796. The molecule has 18 heavy (non-hydrogen) atoms. The minimum Gasteiger partial charge on any atom is -0.459 e. The van der Waals surface area contributed by atoms with Gasteiger partial charge in [0.25, 0.3) is 0 Å². The van der Waals surface area contributed by atoms with Crippen molar-refractivity contribution >= 4 is 18.4 Å². The number of fused-ring (bicyclic) bond motifs is 1. The Hall–Kier alpha value is -1.06. The van der Waals surface area contributed by atoms with Crippen molar-refractivity contribution < 1.29 is 9.53 Å². The van der Waals surface area contributed by atoms with Crippen LogP contribution in [0, 0.1) is 0 Å². The number of ether oxygens (including phenoxy) is 1. The minimum atomic E-state index is -0.421. The molecule has 1 aliphatic rings. The van der Waals surface area contributed by atoms with Crippen LogP contribution >= 0.6 is 12.4 Å². The van der Waals surface area contributed by atoms with Gasteiger partial charge < -0.3 is 10.1 Å². The van der Waals surface area contributed by atoms with Crippen molar-refractivity contribution in [1.82, 2.24) is 5.32 Å². The molecule has 1 aromatic carbocycles. The standard InChI is InChI=1S/C14H19NO2.ClH/c1-14(2,3)17-13(16)12-8-10-6-4-5-7-11(10)9-15-12;/h4-7,12,15H,8-9H2,1-3H3;1H. The first-order valence-electron chi connectivity index (χ1n) is 5.99. The lowest BCUT2D eigenvalue weighted by atomic mass is 9.96. The summed E-state index contributed by atoms with van der Waals surface area (Å²) in [4.78, 5) is 11.9. The molecule has 1 heterocycles. The average Bonchev–Trinajstić information content (AvgIpc) is 2.26. The van der Waals surface area contributed by atoms with E-state index in [9.17, 15) is 4.79 Å².